The van der Waals surface area contributed by atoms with E-state index in [1.165, 1.54) is 6.42 Å². The first-order chi connectivity index (χ1) is 8.08. The molecule has 0 bridgehead atoms. The number of hydrogen-bond donors (Lipinski definition) is 3. The third-order valence-corrected chi connectivity index (χ3v) is 3.32. The van der Waals surface area contributed by atoms with Crippen molar-refractivity contribution in [2.24, 2.45) is 5.73 Å². The summed E-state index contributed by atoms with van der Waals surface area (Å²) in [7, 11) is 1.54. The van der Waals surface area contributed by atoms with E-state index in [4.69, 9.17) is 10.5 Å². The van der Waals surface area contributed by atoms with Crippen molar-refractivity contribution in [1.29, 1.82) is 0 Å². The van der Waals surface area contributed by atoms with Crippen LogP contribution in [0.3, 0.4) is 0 Å². The molecule has 4 N–H and O–H groups in total. The minimum atomic E-state index is -0.690. The first-order valence-electron chi connectivity index (χ1n) is 6.33. The normalized spacial score (nSPS) is 20.9. The largest absolute Gasteiger partial charge is 0.391 e. The lowest BCUT2D eigenvalue weighted by molar-refractivity contribution is -0.127. The molecule has 1 amide bonds. The van der Waals surface area contributed by atoms with E-state index in [0.29, 0.717) is 19.6 Å². The van der Waals surface area contributed by atoms with E-state index < -0.39 is 11.6 Å². The molecule has 100 valence electrons. The number of nitrogens with one attached hydrogen (secondary N) is 1. The zero-order valence-electron chi connectivity index (χ0n) is 10.6. The van der Waals surface area contributed by atoms with Gasteiger partial charge >= 0.3 is 0 Å². The minimum absolute atomic E-state index is 0.0817. The molecule has 0 spiro atoms. The van der Waals surface area contributed by atoms with E-state index in [9.17, 15) is 9.90 Å². The van der Waals surface area contributed by atoms with Crippen molar-refractivity contribution in [2.75, 3.05) is 20.3 Å². The predicted octanol–water partition coefficient (Wildman–Crippen LogP) is 0.162. The molecule has 5 nitrogen and oxygen atoms in total. The Hall–Kier alpha value is -0.650. The molecule has 0 aromatic carbocycles. The van der Waals surface area contributed by atoms with Gasteiger partial charge in [0.05, 0.1) is 18.2 Å². The van der Waals surface area contributed by atoms with Crippen molar-refractivity contribution in [1.82, 2.24) is 5.32 Å². The molecule has 1 atom stereocenters. The van der Waals surface area contributed by atoms with Crippen molar-refractivity contribution in [3.05, 3.63) is 0 Å². The van der Waals surface area contributed by atoms with Crippen LogP contribution in [-0.2, 0) is 9.53 Å². The number of aliphatic hydroxyl groups excluding tert-OH is 1. The second kappa shape index (κ2) is 6.93. The average Bonchev–Trinajstić information content (AvgIpc) is 2.30. The summed E-state index contributed by atoms with van der Waals surface area (Å²) in [6, 6.07) is 0. The molecule has 0 heterocycles. The Morgan fingerprint density at radius 3 is 2.71 bits per heavy atom. The van der Waals surface area contributed by atoms with Crippen LogP contribution in [0.1, 0.15) is 38.5 Å². The molecule has 0 radical (unpaired) electrons. The van der Waals surface area contributed by atoms with Gasteiger partial charge in [0.1, 0.15) is 0 Å². The highest BCUT2D eigenvalue weighted by molar-refractivity contribution is 5.86. The Kier molecular flexibility index (Phi) is 5.88. The van der Waals surface area contributed by atoms with Gasteiger partial charge in [-0.2, -0.15) is 0 Å². The first kappa shape index (κ1) is 14.4. The smallest absolute Gasteiger partial charge is 0.240 e. The second-order valence-corrected chi connectivity index (χ2v) is 4.87. The van der Waals surface area contributed by atoms with Gasteiger partial charge in [-0.25, -0.2) is 0 Å². The van der Waals surface area contributed by atoms with Crippen LogP contribution in [0.25, 0.3) is 0 Å². The fourth-order valence-corrected chi connectivity index (χ4v) is 2.21. The van der Waals surface area contributed by atoms with E-state index in [-0.39, 0.29) is 5.91 Å². The number of aliphatic hydroxyl groups is 1. The van der Waals surface area contributed by atoms with Gasteiger partial charge in [-0.05, 0) is 19.3 Å². The Labute approximate surface area is 103 Å². The maximum atomic E-state index is 11.9. The number of carbonyl (C=O) groups excluding carboxylic acids is 1. The molecule has 0 saturated heterocycles. The van der Waals surface area contributed by atoms with Crippen LogP contribution in [0.5, 0.6) is 0 Å². The number of ether oxygens (including phenoxy) is 1. The highest BCUT2D eigenvalue weighted by Crippen LogP contribution is 2.25. The van der Waals surface area contributed by atoms with Crippen molar-refractivity contribution in [3.63, 3.8) is 0 Å². The molecule has 17 heavy (non-hydrogen) atoms. The molecule has 5 heteroatoms. The summed E-state index contributed by atoms with van der Waals surface area (Å²) < 4.78 is 4.81. The van der Waals surface area contributed by atoms with Gasteiger partial charge < -0.3 is 20.9 Å². The molecule has 1 saturated carbocycles. The third-order valence-electron chi connectivity index (χ3n) is 3.32. The summed E-state index contributed by atoms with van der Waals surface area (Å²) in [6.45, 7) is 0.742. The lowest BCUT2D eigenvalue weighted by Crippen LogP contribution is -2.55. The molecule has 1 aliphatic carbocycles. The summed E-state index contributed by atoms with van der Waals surface area (Å²) in [4.78, 5) is 11.9. The maximum absolute atomic E-state index is 11.9. The van der Waals surface area contributed by atoms with Crippen LogP contribution in [0.2, 0.25) is 0 Å². The van der Waals surface area contributed by atoms with Gasteiger partial charge in [0.15, 0.2) is 0 Å². The van der Waals surface area contributed by atoms with E-state index in [0.717, 1.165) is 25.7 Å². The Balaban J connectivity index is 2.24. The number of carbonyl (C=O) groups is 1. The summed E-state index contributed by atoms with van der Waals surface area (Å²) in [5.41, 5.74) is 5.39. The molecule has 0 aromatic heterocycles. The Morgan fingerprint density at radius 1 is 1.47 bits per heavy atom. The molecule has 1 fully saturated rings. The monoisotopic (exact) mass is 244 g/mol. The van der Waals surface area contributed by atoms with Crippen LogP contribution < -0.4 is 11.1 Å². The van der Waals surface area contributed by atoms with Gasteiger partial charge in [-0.15, -0.1) is 0 Å². The topological polar surface area (TPSA) is 84.6 Å². The quantitative estimate of drug-likeness (QED) is 0.621. The second-order valence-electron chi connectivity index (χ2n) is 4.87. The van der Waals surface area contributed by atoms with Crippen molar-refractivity contribution in [3.8, 4) is 0 Å². The molecular formula is C12H24N2O3. The van der Waals surface area contributed by atoms with Gasteiger partial charge in [0.25, 0.3) is 0 Å². The third kappa shape index (κ3) is 4.61. The molecule has 0 aromatic rings. The van der Waals surface area contributed by atoms with Crippen LogP contribution in [0.4, 0.5) is 0 Å². The fourth-order valence-electron chi connectivity index (χ4n) is 2.21. The average molecular weight is 244 g/mol. The number of hydrogen-bond acceptors (Lipinski definition) is 4. The van der Waals surface area contributed by atoms with Crippen LogP contribution in [-0.4, -0.2) is 42.9 Å². The van der Waals surface area contributed by atoms with Gasteiger partial charge in [-0.1, -0.05) is 19.3 Å². The SMILES string of the molecule is COCC(O)CCNC(=O)C1(N)CCCCC1. The number of nitrogens with two attached hydrogens (primary N) is 1. The number of rotatable bonds is 6. The highest BCUT2D eigenvalue weighted by atomic mass is 16.5. The van der Waals surface area contributed by atoms with Crippen LogP contribution in [0.15, 0.2) is 0 Å². The van der Waals surface area contributed by atoms with Gasteiger partial charge in [0, 0.05) is 13.7 Å². The Morgan fingerprint density at radius 2 is 2.12 bits per heavy atom. The fraction of sp³-hybridized carbons (Fsp3) is 0.917. The molecule has 0 aliphatic heterocycles. The molecular weight excluding hydrogens is 220 g/mol. The Bertz CT molecular complexity index is 240. The van der Waals surface area contributed by atoms with Crippen LogP contribution >= 0.6 is 0 Å². The predicted molar refractivity (Wildman–Crippen MR) is 65.5 cm³/mol. The lowest BCUT2D eigenvalue weighted by atomic mass is 9.82. The summed E-state index contributed by atoms with van der Waals surface area (Å²) in [5, 5.41) is 12.2. The number of amides is 1. The van der Waals surface area contributed by atoms with Gasteiger partial charge in [-0.3, -0.25) is 4.79 Å². The molecule has 1 unspecified atom stereocenters. The summed E-state index contributed by atoms with van der Waals surface area (Å²) in [6.07, 6.45) is 4.71. The lowest BCUT2D eigenvalue weighted by Gasteiger charge is -2.31. The van der Waals surface area contributed by atoms with E-state index in [1.54, 1.807) is 7.11 Å². The van der Waals surface area contributed by atoms with Crippen molar-refractivity contribution in [2.45, 2.75) is 50.2 Å². The summed E-state index contributed by atoms with van der Waals surface area (Å²) >= 11 is 0. The van der Waals surface area contributed by atoms with Crippen molar-refractivity contribution < 1.29 is 14.6 Å². The van der Waals surface area contributed by atoms with Gasteiger partial charge in [0.2, 0.25) is 5.91 Å². The minimum Gasteiger partial charge on any atom is -0.391 e. The zero-order valence-corrected chi connectivity index (χ0v) is 10.6. The zero-order chi connectivity index (χ0) is 12.7. The standard InChI is InChI=1S/C12H24N2O3/c1-17-9-10(15)5-8-14-11(16)12(13)6-3-2-4-7-12/h10,15H,2-9,13H2,1H3,(H,14,16). The van der Waals surface area contributed by atoms with Crippen molar-refractivity contribution >= 4 is 5.91 Å². The molecule has 1 rings (SSSR count). The van der Waals surface area contributed by atoms with E-state index in [2.05, 4.69) is 5.32 Å². The maximum Gasteiger partial charge on any atom is 0.240 e. The highest BCUT2D eigenvalue weighted by Gasteiger charge is 2.34. The molecule has 1 aliphatic rings. The van der Waals surface area contributed by atoms with E-state index >= 15 is 0 Å². The number of methoxy groups -OCH3 is 1. The van der Waals surface area contributed by atoms with Crippen LogP contribution in [0, 0.1) is 0 Å². The van der Waals surface area contributed by atoms with E-state index in [1.807, 2.05) is 0 Å². The summed E-state index contributed by atoms with van der Waals surface area (Å²) in [5.74, 6) is -0.0817. The first-order valence-corrected chi connectivity index (χ1v) is 6.33.